The summed E-state index contributed by atoms with van der Waals surface area (Å²) in [6.45, 7) is -0.518. The molecule has 8 nitrogen and oxygen atoms in total. The Hall–Kier alpha value is -2.36. The van der Waals surface area contributed by atoms with E-state index in [-0.39, 0.29) is 11.7 Å². The molecule has 1 aliphatic rings. The van der Waals surface area contributed by atoms with E-state index in [1.165, 1.54) is 0 Å². The summed E-state index contributed by atoms with van der Waals surface area (Å²) >= 11 is 0. The van der Waals surface area contributed by atoms with Crippen LogP contribution in [-0.4, -0.2) is 61.6 Å². The Bertz CT molecular complexity index is 906. The van der Waals surface area contributed by atoms with Gasteiger partial charge >= 0.3 is 0 Å². The summed E-state index contributed by atoms with van der Waals surface area (Å²) in [5.41, 5.74) is 0.728. The minimum atomic E-state index is -1.49. The average Bonchev–Trinajstić information content (AvgIpc) is 3.15. The molecule has 5 atom stereocenters. The summed E-state index contributed by atoms with van der Waals surface area (Å²) < 4.78 is 10.8. The van der Waals surface area contributed by atoms with Crippen LogP contribution in [0.3, 0.4) is 0 Å². The fourth-order valence-corrected chi connectivity index (χ4v) is 3.19. The number of fused-ring (bicyclic) bond motifs is 1. The van der Waals surface area contributed by atoms with Gasteiger partial charge in [-0.15, -0.1) is 0 Å². The summed E-state index contributed by atoms with van der Waals surface area (Å²) in [4.78, 5) is 4.30. The molecular weight excluding hydrogens is 340 g/mol. The van der Waals surface area contributed by atoms with Gasteiger partial charge in [-0.05, 0) is 16.8 Å². The standard InChI is InChI=1S/C18H18N2O6/c21-8-12-13(22)14(23)15(24)16(25-12)17-19-18(26-20-17)11-7-3-5-9-4-1-2-6-10(9)11/h1-7,12-16,21-24H,8H2/t12-,13-,14+,15-,16-/m1/s1. The average molecular weight is 358 g/mol. The topological polar surface area (TPSA) is 129 Å². The molecule has 0 spiro atoms. The Kier molecular flexibility index (Phi) is 4.43. The van der Waals surface area contributed by atoms with Crippen LogP contribution in [0.4, 0.5) is 0 Å². The van der Waals surface area contributed by atoms with Crippen molar-refractivity contribution in [2.45, 2.75) is 30.5 Å². The highest BCUT2D eigenvalue weighted by molar-refractivity contribution is 5.94. The SMILES string of the molecule is OC[C@H]1O[C@@H](c2noc(-c3cccc4ccccc34)n2)[C@H](O)[C@@H](O)[C@@H]1O. The van der Waals surface area contributed by atoms with Crippen LogP contribution in [-0.2, 0) is 4.74 Å². The Balaban J connectivity index is 1.69. The molecule has 4 rings (SSSR count). The molecule has 0 bridgehead atoms. The molecule has 4 N–H and O–H groups in total. The lowest BCUT2D eigenvalue weighted by Gasteiger charge is -2.38. The van der Waals surface area contributed by atoms with Crippen molar-refractivity contribution < 1.29 is 29.7 Å². The van der Waals surface area contributed by atoms with E-state index in [0.717, 1.165) is 16.3 Å². The van der Waals surface area contributed by atoms with Gasteiger partial charge in [0, 0.05) is 5.56 Å². The van der Waals surface area contributed by atoms with E-state index < -0.39 is 37.1 Å². The molecule has 1 fully saturated rings. The second-order valence-corrected chi connectivity index (χ2v) is 6.23. The van der Waals surface area contributed by atoms with Gasteiger partial charge in [0.25, 0.3) is 5.89 Å². The van der Waals surface area contributed by atoms with Gasteiger partial charge in [0.1, 0.15) is 30.5 Å². The highest BCUT2D eigenvalue weighted by Gasteiger charge is 2.45. The van der Waals surface area contributed by atoms with E-state index >= 15 is 0 Å². The molecule has 3 aromatic rings. The number of nitrogens with zero attached hydrogens (tertiary/aromatic N) is 2. The molecule has 0 amide bonds. The van der Waals surface area contributed by atoms with Gasteiger partial charge in [-0.1, -0.05) is 41.6 Å². The Morgan fingerprint density at radius 2 is 1.69 bits per heavy atom. The third-order valence-corrected chi connectivity index (χ3v) is 4.61. The minimum absolute atomic E-state index is 0.0323. The van der Waals surface area contributed by atoms with Crippen LogP contribution in [0.1, 0.15) is 11.9 Å². The number of aliphatic hydroxyl groups is 4. The molecule has 2 aromatic carbocycles. The third-order valence-electron chi connectivity index (χ3n) is 4.61. The maximum absolute atomic E-state index is 10.2. The van der Waals surface area contributed by atoms with Crippen LogP contribution in [0.5, 0.6) is 0 Å². The van der Waals surface area contributed by atoms with Crippen molar-refractivity contribution >= 4 is 10.8 Å². The molecule has 0 saturated carbocycles. The lowest BCUT2D eigenvalue weighted by Crippen LogP contribution is -2.55. The van der Waals surface area contributed by atoms with Gasteiger partial charge in [0.05, 0.1) is 6.61 Å². The van der Waals surface area contributed by atoms with Crippen molar-refractivity contribution in [1.82, 2.24) is 10.1 Å². The van der Waals surface area contributed by atoms with E-state index in [1.54, 1.807) is 0 Å². The van der Waals surface area contributed by atoms with E-state index in [1.807, 2.05) is 42.5 Å². The zero-order chi connectivity index (χ0) is 18.3. The van der Waals surface area contributed by atoms with Crippen LogP contribution in [0, 0.1) is 0 Å². The van der Waals surface area contributed by atoms with E-state index in [0.29, 0.717) is 0 Å². The second kappa shape index (κ2) is 6.75. The largest absolute Gasteiger partial charge is 0.394 e. The van der Waals surface area contributed by atoms with Crippen molar-refractivity contribution in [2.75, 3.05) is 6.61 Å². The molecule has 26 heavy (non-hydrogen) atoms. The Labute approximate surface area is 148 Å². The van der Waals surface area contributed by atoms with Gasteiger partial charge in [0.15, 0.2) is 0 Å². The zero-order valence-corrected chi connectivity index (χ0v) is 13.6. The predicted octanol–water partition coefficient (Wildman–Crippen LogP) is 0.405. The van der Waals surface area contributed by atoms with Crippen molar-refractivity contribution in [3.8, 4) is 11.5 Å². The lowest BCUT2D eigenvalue weighted by atomic mass is 9.95. The normalized spacial score (nSPS) is 29.2. The lowest BCUT2D eigenvalue weighted by molar-refractivity contribution is -0.233. The van der Waals surface area contributed by atoms with Crippen LogP contribution in [0.15, 0.2) is 47.0 Å². The third kappa shape index (κ3) is 2.77. The molecule has 0 aliphatic carbocycles. The molecular formula is C18H18N2O6. The van der Waals surface area contributed by atoms with Crippen molar-refractivity contribution in [3.05, 3.63) is 48.3 Å². The number of hydrogen-bond acceptors (Lipinski definition) is 8. The summed E-state index contributed by atoms with van der Waals surface area (Å²) in [7, 11) is 0. The van der Waals surface area contributed by atoms with Gasteiger partial charge in [-0.3, -0.25) is 0 Å². The Morgan fingerprint density at radius 3 is 2.50 bits per heavy atom. The molecule has 1 aliphatic heterocycles. The van der Waals surface area contributed by atoms with Gasteiger partial charge in [-0.2, -0.15) is 4.98 Å². The summed E-state index contributed by atoms with van der Waals surface area (Å²) in [5.74, 6) is 0.276. The molecule has 136 valence electrons. The van der Waals surface area contributed by atoms with Crippen LogP contribution < -0.4 is 0 Å². The molecule has 1 saturated heterocycles. The number of rotatable bonds is 3. The molecule has 0 unspecified atom stereocenters. The fourth-order valence-electron chi connectivity index (χ4n) is 3.19. The number of hydrogen-bond donors (Lipinski definition) is 4. The quantitative estimate of drug-likeness (QED) is 0.530. The number of ether oxygens (including phenoxy) is 1. The van der Waals surface area contributed by atoms with E-state index in [4.69, 9.17) is 9.26 Å². The number of aliphatic hydroxyl groups excluding tert-OH is 4. The summed E-state index contributed by atoms with van der Waals surface area (Å²) in [5, 5.41) is 45.1. The van der Waals surface area contributed by atoms with Crippen LogP contribution in [0.25, 0.3) is 22.2 Å². The van der Waals surface area contributed by atoms with Crippen molar-refractivity contribution in [2.24, 2.45) is 0 Å². The highest BCUT2D eigenvalue weighted by Crippen LogP contribution is 2.33. The molecule has 1 aromatic heterocycles. The smallest absolute Gasteiger partial charge is 0.258 e. The summed E-state index contributed by atoms with van der Waals surface area (Å²) in [6.07, 6.45) is -6.54. The first-order valence-electron chi connectivity index (χ1n) is 8.22. The zero-order valence-electron chi connectivity index (χ0n) is 13.6. The molecule has 2 heterocycles. The Morgan fingerprint density at radius 1 is 0.923 bits per heavy atom. The highest BCUT2D eigenvalue weighted by atomic mass is 16.5. The van der Waals surface area contributed by atoms with Crippen LogP contribution in [0.2, 0.25) is 0 Å². The molecule has 8 heteroatoms. The first-order chi connectivity index (χ1) is 12.6. The second-order valence-electron chi connectivity index (χ2n) is 6.23. The van der Waals surface area contributed by atoms with Gasteiger partial charge < -0.3 is 29.7 Å². The van der Waals surface area contributed by atoms with Crippen LogP contribution >= 0.6 is 0 Å². The first-order valence-corrected chi connectivity index (χ1v) is 8.22. The first kappa shape index (κ1) is 17.1. The van der Waals surface area contributed by atoms with E-state index in [2.05, 4.69) is 10.1 Å². The van der Waals surface area contributed by atoms with E-state index in [9.17, 15) is 20.4 Å². The molecule has 0 radical (unpaired) electrons. The predicted molar refractivity (Wildman–Crippen MR) is 90.0 cm³/mol. The maximum atomic E-state index is 10.2. The monoisotopic (exact) mass is 358 g/mol. The maximum Gasteiger partial charge on any atom is 0.258 e. The number of aromatic nitrogens is 2. The van der Waals surface area contributed by atoms with Gasteiger partial charge in [-0.25, -0.2) is 0 Å². The van der Waals surface area contributed by atoms with Crippen molar-refractivity contribution in [3.63, 3.8) is 0 Å². The fraction of sp³-hybridized carbons (Fsp3) is 0.333. The van der Waals surface area contributed by atoms with Crippen molar-refractivity contribution in [1.29, 1.82) is 0 Å². The van der Waals surface area contributed by atoms with Gasteiger partial charge in [0.2, 0.25) is 5.82 Å². The number of benzene rings is 2. The minimum Gasteiger partial charge on any atom is -0.394 e. The summed E-state index contributed by atoms with van der Waals surface area (Å²) in [6, 6.07) is 13.4.